The Morgan fingerprint density at radius 2 is 1.86 bits per heavy atom. The van der Waals surface area contributed by atoms with Gasteiger partial charge in [0, 0.05) is 6.04 Å². The summed E-state index contributed by atoms with van der Waals surface area (Å²) in [6.07, 6.45) is 13.4. The molecule has 2 unspecified atom stereocenters. The zero-order valence-electron chi connectivity index (χ0n) is 13.8. The molecule has 0 amide bonds. The van der Waals surface area contributed by atoms with E-state index in [-0.39, 0.29) is 0 Å². The van der Waals surface area contributed by atoms with Gasteiger partial charge in [-0.15, -0.1) is 0 Å². The van der Waals surface area contributed by atoms with E-state index in [1.807, 2.05) is 0 Å². The molecule has 1 heteroatoms. The van der Waals surface area contributed by atoms with Crippen LogP contribution in [0.1, 0.15) is 70.3 Å². The largest absolute Gasteiger partial charge is 0.327 e. The molecule has 0 aliphatic heterocycles. The third kappa shape index (κ3) is 5.82. The van der Waals surface area contributed by atoms with Gasteiger partial charge in [0.05, 0.1) is 0 Å². The van der Waals surface area contributed by atoms with E-state index in [2.05, 4.69) is 37.3 Å². The molecule has 0 spiro atoms. The van der Waals surface area contributed by atoms with Crippen molar-refractivity contribution < 1.29 is 0 Å². The third-order valence-electron chi connectivity index (χ3n) is 5.19. The van der Waals surface area contributed by atoms with Crippen LogP contribution in [-0.4, -0.2) is 6.04 Å². The number of nitrogens with two attached hydrogens (primary N) is 1. The van der Waals surface area contributed by atoms with Crippen LogP contribution in [-0.2, 0) is 6.42 Å². The maximum atomic E-state index is 6.46. The summed E-state index contributed by atoms with van der Waals surface area (Å²) < 4.78 is 0. The molecule has 0 radical (unpaired) electrons. The van der Waals surface area contributed by atoms with Crippen LogP contribution in [0.3, 0.4) is 0 Å². The smallest absolute Gasteiger partial charge is 0.00699 e. The summed E-state index contributed by atoms with van der Waals surface area (Å²) in [6, 6.07) is 11.4. The molecule has 1 fully saturated rings. The molecule has 1 saturated carbocycles. The molecule has 1 aliphatic rings. The summed E-state index contributed by atoms with van der Waals surface area (Å²) in [7, 11) is 0. The molecule has 0 bridgehead atoms. The summed E-state index contributed by atoms with van der Waals surface area (Å²) in [5.74, 6) is 1.60. The minimum atomic E-state index is 0.443. The highest BCUT2D eigenvalue weighted by atomic mass is 14.7. The normalized spacial score (nSPS) is 18.2. The van der Waals surface area contributed by atoms with Crippen molar-refractivity contribution in [3.05, 3.63) is 35.9 Å². The minimum Gasteiger partial charge on any atom is -0.327 e. The highest BCUT2D eigenvalue weighted by Gasteiger charge is 2.26. The molecule has 0 saturated heterocycles. The number of benzene rings is 1. The number of unbranched alkanes of at least 4 members (excludes halogenated alkanes) is 3. The van der Waals surface area contributed by atoms with Gasteiger partial charge >= 0.3 is 0 Å². The third-order valence-corrected chi connectivity index (χ3v) is 5.19. The lowest BCUT2D eigenvalue weighted by molar-refractivity contribution is 0.226. The van der Waals surface area contributed by atoms with Gasteiger partial charge in [-0.25, -0.2) is 0 Å². The monoisotopic (exact) mass is 287 g/mol. The van der Waals surface area contributed by atoms with E-state index in [1.54, 1.807) is 0 Å². The van der Waals surface area contributed by atoms with Crippen molar-refractivity contribution in [3.63, 3.8) is 0 Å². The first-order chi connectivity index (χ1) is 10.3. The van der Waals surface area contributed by atoms with Gasteiger partial charge in [0.25, 0.3) is 0 Å². The average molecular weight is 287 g/mol. The number of hydrogen-bond donors (Lipinski definition) is 1. The number of hydrogen-bond acceptors (Lipinski definition) is 1. The molecule has 2 rings (SSSR count). The summed E-state index contributed by atoms with van der Waals surface area (Å²) in [6.45, 7) is 2.29. The van der Waals surface area contributed by atoms with Gasteiger partial charge in [-0.3, -0.25) is 0 Å². The van der Waals surface area contributed by atoms with Gasteiger partial charge in [-0.05, 0) is 43.1 Å². The van der Waals surface area contributed by atoms with Crippen LogP contribution in [0.15, 0.2) is 30.3 Å². The molecule has 1 nitrogen and oxygen atoms in total. The Morgan fingerprint density at radius 1 is 1.10 bits per heavy atom. The molecule has 118 valence electrons. The highest BCUT2D eigenvalue weighted by molar-refractivity contribution is 5.15. The molecule has 2 N–H and O–H groups in total. The fourth-order valence-corrected chi connectivity index (χ4v) is 3.56. The summed E-state index contributed by atoms with van der Waals surface area (Å²) in [5.41, 5.74) is 7.95. The molecule has 2 atom stereocenters. The quantitative estimate of drug-likeness (QED) is 0.578. The first-order valence-corrected chi connectivity index (χ1v) is 9.09. The van der Waals surface area contributed by atoms with Gasteiger partial charge in [-0.1, -0.05) is 75.8 Å². The Kier molecular flexibility index (Phi) is 7.29. The molecule has 0 heterocycles. The van der Waals surface area contributed by atoms with Crippen LogP contribution in [0.25, 0.3) is 0 Å². The Balaban J connectivity index is 1.82. The van der Waals surface area contributed by atoms with Crippen LogP contribution < -0.4 is 5.73 Å². The van der Waals surface area contributed by atoms with Crippen LogP contribution in [0, 0.1) is 11.8 Å². The van der Waals surface area contributed by atoms with Crippen LogP contribution in [0.2, 0.25) is 0 Å². The van der Waals surface area contributed by atoms with Gasteiger partial charge in [0.2, 0.25) is 0 Å². The predicted molar refractivity (Wildman–Crippen MR) is 92.3 cm³/mol. The van der Waals surface area contributed by atoms with Crippen molar-refractivity contribution in [2.75, 3.05) is 0 Å². The molecule has 0 aromatic heterocycles. The Morgan fingerprint density at radius 3 is 2.48 bits per heavy atom. The zero-order chi connectivity index (χ0) is 14.9. The van der Waals surface area contributed by atoms with Crippen molar-refractivity contribution >= 4 is 0 Å². The number of rotatable bonds is 10. The van der Waals surface area contributed by atoms with Crippen LogP contribution >= 0.6 is 0 Å². The fourth-order valence-electron chi connectivity index (χ4n) is 3.56. The first-order valence-electron chi connectivity index (χ1n) is 9.09. The van der Waals surface area contributed by atoms with Crippen molar-refractivity contribution in [2.24, 2.45) is 17.6 Å². The van der Waals surface area contributed by atoms with Gasteiger partial charge in [0.15, 0.2) is 0 Å². The lowest BCUT2D eigenvalue weighted by atomic mass is 9.75. The molecule has 1 aliphatic carbocycles. The summed E-state index contributed by atoms with van der Waals surface area (Å²) in [4.78, 5) is 0. The minimum absolute atomic E-state index is 0.443. The second-order valence-electron chi connectivity index (χ2n) is 7.00. The first kappa shape index (κ1) is 16.5. The Labute approximate surface area is 131 Å². The SMILES string of the molecule is CCCCCCC(Cc1ccccc1)CC(N)C1CCC1. The van der Waals surface area contributed by atoms with Crippen LogP contribution in [0.5, 0.6) is 0 Å². The van der Waals surface area contributed by atoms with Gasteiger partial charge in [0.1, 0.15) is 0 Å². The van der Waals surface area contributed by atoms with Crippen LogP contribution in [0.4, 0.5) is 0 Å². The summed E-state index contributed by atoms with van der Waals surface area (Å²) >= 11 is 0. The lowest BCUT2D eigenvalue weighted by Crippen LogP contribution is -2.36. The standard InChI is InChI=1S/C20H33N/c1-2-3-4-6-12-18(15-17-10-7-5-8-11-17)16-20(21)19-13-9-14-19/h5,7-8,10-11,18-20H,2-4,6,9,12-16,21H2,1H3. The van der Waals surface area contributed by atoms with Gasteiger partial charge < -0.3 is 5.73 Å². The van der Waals surface area contributed by atoms with E-state index in [4.69, 9.17) is 5.73 Å². The van der Waals surface area contributed by atoms with E-state index in [0.29, 0.717) is 6.04 Å². The molecule has 1 aromatic carbocycles. The lowest BCUT2D eigenvalue weighted by Gasteiger charge is -2.33. The molecule has 21 heavy (non-hydrogen) atoms. The Bertz CT molecular complexity index is 369. The molecular weight excluding hydrogens is 254 g/mol. The topological polar surface area (TPSA) is 26.0 Å². The second-order valence-corrected chi connectivity index (χ2v) is 7.00. The molecular formula is C20H33N. The van der Waals surface area contributed by atoms with E-state index >= 15 is 0 Å². The zero-order valence-corrected chi connectivity index (χ0v) is 13.8. The summed E-state index contributed by atoms with van der Waals surface area (Å²) in [5, 5.41) is 0. The van der Waals surface area contributed by atoms with E-state index in [0.717, 1.165) is 11.8 Å². The fraction of sp³-hybridized carbons (Fsp3) is 0.700. The maximum Gasteiger partial charge on any atom is 0.00699 e. The van der Waals surface area contributed by atoms with Crippen molar-refractivity contribution in [2.45, 2.75) is 77.2 Å². The van der Waals surface area contributed by atoms with Crippen molar-refractivity contribution in [1.29, 1.82) is 0 Å². The highest BCUT2D eigenvalue weighted by Crippen LogP contribution is 2.32. The van der Waals surface area contributed by atoms with E-state index in [9.17, 15) is 0 Å². The van der Waals surface area contributed by atoms with Crippen molar-refractivity contribution in [3.8, 4) is 0 Å². The Hall–Kier alpha value is -0.820. The predicted octanol–water partition coefficient (Wildman–Crippen LogP) is 5.33. The van der Waals surface area contributed by atoms with E-state index < -0.39 is 0 Å². The van der Waals surface area contributed by atoms with Crippen molar-refractivity contribution in [1.82, 2.24) is 0 Å². The maximum absolute atomic E-state index is 6.46. The average Bonchev–Trinajstić information content (AvgIpc) is 2.42. The molecule has 1 aromatic rings. The van der Waals surface area contributed by atoms with Gasteiger partial charge in [-0.2, -0.15) is 0 Å². The van der Waals surface area contributed by atoms with E-state index in [1.165, 1.54) is 69.8 Å². The second kappa shape index (κ2) is 9.25.